The first-order valence-electron chi connectivity index (χ1n) is 3.62. The Bertz CT molecular complexity index is 296. The number of nitrogens with zero attached hydrogens (tertiary/aromatic N) is 1. The summed E-state index contributed by atoms with van der Waals surface area (Å²) in [5.41, 5.74) is 0.849. The predicted octanol–water partition coefficient (Wildman–Crippen LogP) is 2.05. The highest BCUT2D eigenvalue weighted by atomic mass is 35.5. The molecule has 1 aromatic rings. The van der Waals surface area contributed by atoms with Gasteiger partial charge in [0.1, 0.15) is 12.3 Å². The van der Waals surface area contributed by atoms with Gasteiger partial charge in [-0.2, -0.15) is 5.26 Å². The van der Waals surface area contributed by atoms with Crippen LogP contribution in [0.5, 0.6) is 5.75 Å². The molecule has 0 atom stereocenters. The molecule has 1 aromatic carbocycles. The molecule has 0 radical (unpaired) electrons. The van der Waals surface area contributed by atoms with Gasteiger partial charge in [0.2, 0.25) is 0 Å². The molecule has 0 heterocycles. The van der Waals surface area contributed by atoms with Crippen molar-refractivity contribution in [2.45, 2.75) is 0 Å². The fraction of sp³-hybridized carbons (Fsp3) is 0.222. The lowest BCUT2D eigenvalue weighted by atomic mass is 10.3. The van der Waals surface area contributed by atoms with Crippen LogP contribution in [0.3, 0.4) is 0 Å². The number of nitrogens with one attached hydrogen (secondary N) is 1. The number of hydrogen-bond acceptors (Lipinski definition) is 3. The maximum Gasteiger partial charge on any atom is 0.141 e. The number of halogens is 1. The summed E-state index contributed by atoms with van der Waals surface area (Å²) in [4.78, 5) is 0. The smallest absolute Gasteiger partial charge is 0.141 e. The van der Waals surface area contributed by atoms with E-state index in [0.717, 1.165) is 11.4 Å². The van der Waals surface area contributed by atoms with Crippen LogP contribution in [-0.2, 0) is 0 Å². The van der Waals surface area contributed by atoms with Crippen molar-refractivity contribution in [1.29, 1.82) is 5.26 Å². The van der Waals surface area contributed by atoms with Crippen LogP contribution in [0.15, 0.2) is 24.3 Å². The largest absolute Gasteiger partial charge is 0.495 e. The van der Waals surface area contributed by atoms with Crippen molar-refractivity contribution < 1.29 is 4.74 Å². The second-order valence-electron chi connectivity index (χ2n) is 2.21. The first-order chi connectivity index (χ1) is 5.88. The summed E-state index contributed by atoms with van der Waals surface area (Å²) < 4.78 is 5.07. The van der Waals surface area contributed by atoms with Gasteiger partial charge in [-0.15, -0.1) is 12.4 Å². The topological polar surface area (TPSA) is 45.0 Å². The highest BCUT2D eigenvalue weighted by molar-refractivity contribution is 5.85. The fourth-order valence-electron chi connectivity index (χ4n) is 0.925. The van der Waals surface area contributed by atoms with E-state index in [-0.39, 0.29) is 12.4 Å². The van der Waals surface area contributed by atoms with Gasteiger partial charge in [-0.25, -0.2) is 0 Å². The third-order valence-electron chi connectivity index (χ3n) is 1.46. The van der Waals surface area contributed by atoms with Crippen LogP contribution in [0.2, 0.25) is 0 Å². The molecule has 1 N–H and O–H groups in total. The quantitative estimate of drug-likeness (QED) is 0.757. The van der Waals surface area contributed by atoms with Crippen LogP contribution in [-0.4, -0.2) is 13.7 Å². The zero-order valence-corrected chi connectivity index (χ0v) is 8.10. The van der Waals surface area contributed by atoms with Crippen molar-refractivity contribution in [2.24, 2.45) is 0 Å². The number of nitriles is 1. The van der Waals surface area contributed by atoms with Crippen LogP contribution in [0.1, 0.15) is 0 Å². The van der Waals surface area contributed by atoms with Crippen LogP contribution < -0.4 is 10.1 Å². The van der Waals surface area contributed by atoms with Gasteiger partial charge in [0.05, 0.1) is 18.9 Å². The lowest BCUT2D eigenvalue weighted by Crippen LogP contribution is -2.00. The van der Waals surface area contributed by atoms with E-state index in [1.165, 1.54) is 0 Å². The summed E-state index contributed by atoms with van der Waals surface area (Å²) in [6.07, 6.45) is 0. The van der Waals surface area contributed by atoms with Gasteiger partial charge >= 0.3 is 0 Å². The number of hydrogen-bond donors (Lipinski definition) is 1. The Labute approximate surface area is 83.7 Å². The standard InChI is InChI=1S/C9H10N2O.ClH/c1-12-9-5-3-2-4-8(9)11-7-6-10;/h2-5,11H,7H2,1H3;1H. The Morgan fingerprint density at radius 2 is 2.15 bits per heavy atom. The Balaban J connectivity index is 0.00000144. The molecule has 3 nitrogen and oxygen atoms in total. The van der Waals surface area contributed by atoms with E-state index in [4.69, 9.17) is 10.00 Å². The van der Waals surface area contributed by atoms with Crippen LogP contribution in [0.25, 0.3) is 0 Å². The van der Waals surface area contributed by atoms with Crippen molar-refractivity contribution in [3.63, 3.8) is 0 Å². The van der Waals surface area contributed by atoms with Gasteiger partial charge in [0.25, 0.3) is 0 Å². The summed E-state index contributed by atoms with van der Waals surface area (Å²) in [5.74, 6) is 0.757. The average molecular weight is 199 g/mol. The van der Waals surface area contributed by atoms with Gasteiger partial charge in [-0.05, 0) is 12.1 Å². The monoisotopic (exact) mass is 198 g/mol. The molecule has 0 unspecified atom stereocenters. The summed E-state index contributed by atoms with van der Waals surface area (Å²) in [5, 5.41) is 11.3. The molecule has 0 spiro atoms. The van der Waals surface area contributed by atoms with Crippen molar-refractivity contribution in [1.82, 2.24) is 0 Å². The Morgan fingerprint density at radius 1 is 1.46 bits per heavy atom. The summed E-state index contributed by atoms with van der Waals surface area (Å²) in [7, 11) is 1.60. The lowest BCUT2D eigenvalue weighted by Gasteiger charge is -2.07. The van der Waals surface area contributed by atoms with E-state index in [0.29, 0.717) is 6.54 Å². The summed E-state index contributed by atoms with van der Waals surface area (Å²) in [6.45, 7) is 0.292. The minimum Gasteiger partial charge on any atom is -0.495 e. The first-order valence-corrected chi connectivity index (χ1v) is 3.62. The van der Waals surface area contributed by atoms with Gasteiger partial charge in [-0.1, -0.05) is 12.1 Å². The van der Waals surface area contributed by atoms with Gasteiger partial charge in [0, 0.05) is 0 Å². The minimum atomic E-state index is 0. The third-order valence-corrected chi connectivity index (χ3v) is 1.46. The Hall–Kier alpha value is -1.40. The van der Waals surface area contributed by atoms with Crippen molar-refractivity contribution in [3.05, 3.63) is 24.3 Å². The number of ether oxygens (including phenoxy) is 1. The highest BCUT2D eigenvalue weighted by Gasteiger charge is 1.97. The molecule has 4 heteroatoms. The number of para-hydroxylation sites is 2. The van der Waals surface area contributed by atoms with E-state index < -0.39 is 0 Å². The molecule has 0 fully saturated rings. The molecule has 70 valence electrons. The molecule has 0 aliphatic rings. The maximum absolute atomic E-state index is 8.34. The van der Waals surface area contributed by atoms with Crippen LogP contribution >= 0.6 is 12.4 Å². The second-order valence-corrected chi connectivity index (χ2v) is 2.21. The van der Waals surface area contributed by atoms with Crippen molar-refractivity contribution >= 4 is 18.1 Å². The summed E-state index contributed by atoms with van der Waals surface area (Å²) in [6, 6.07) is 9.50. The zero-order valence-electron chi connectivity index (χ0n) is 7.28. The Kier molecular flexibility index (Phi) is 5.49. The third kappa shape index (κ3) is 3.22. The number of anilines is 1. The van der Waals surface area contributed by atoms with Gasteiger partial charge < -0.3 is 10.1 Å². The molecule has 0 aliphatic heterocycles. The average Bonchev–Trinajstić information content (AvgIpc) is 2.15. The molecule has 13 heavy (non-hydrogen) atoms. The predicted molar refractivity (Wildman–Crippen MR) is 54.3 cm³/mol. The van der Waals surface area contributed by atoms with Crippen LogP contribution in [0, 0.1) is 11.3 Å². The molecular weight excluding hydrogens is 188 g/mol. The molecule has 0 saturated heterocycles. The molecule has 1 rings (SSSR count). The van der Waals surface area contributed by atoms with Crippen molar-refractivity contribution in [3.8, 4) is 11.8 Å². The Morgan fingerprint density at radius 3 is 2.77 bits per heavy atom. The van der Waals surface area contributed by atoms with Crippen molar-refractivity contribution in [2.75, 3.05) is 19.0 Å². The lowest BCUT2D eigenvalue weighted by molar-refractivity contribution is 0.416. The van der Waals surface area contributed by atoms with E-state index >= 15 is 0 Å². The van der Waals surface area contributed by atoms with Gasteiger partial charge in [0.15, 0.2) is 0 Å². The van der Waals surface area contributed by atoms with E-state index in [2.05, 4.69) is 5.32 Å². The SMILES string of the molecule is COc1ccccc1NCC#N.Cl. The zero-order chi connectivity index (χ0) is 8.81. The molecular formula is C9H11ClN2O. The first kappa shape index (κ1) is 11.6. The highest BCUT2D eigenvalue weighted by Crippen LogP contribution is 2.22. The number of benzene rings is 1. The summed E-state index contributed by atoms with van der Waals surface area (Å²) >= 11 is 0. The molecule has 0 aromatic heterocycles. The molecule has 0 saturated carbocycles. The van der Waals surface area contributed by atoms with E-state index in [1.54, 1.807) is 7.11 Å². The second kappa shape index (κ2) is 6.15. The van der Waals surface area contributed by atoms with E-state index in [1.807, 2.05) is 30.3 Å². The fourth-order valence-corrected chi connectivity index (χ4v) is 0.925. The molecule has 0 bridgehead atoms. The normalized spacial score (nSPS) is 8.00. The minimum absolute atomic E-state index is 0. The van der Waals surface area contributed by atoms with Gasteiger partial charge in [-0.3, -0.25) is 0 Å². The van der Waals surface area contributed by atoms with E-state index in [9.17, 15) is 0 Å². The maximum atomic E-state index is 8.34. The van der Waals surface area contributed by atoms with Crippen LogP contribution in [0.4, 0.5) is 5.69 Å². The molecule has 0 amide bonds. The number of rotatable bonds is 3. The molecule has 0 aliphatic carbocycles. The number of methoxy groups -OCH3 is 1.